The molecule has 0 radical (unpaired) electrons. The predicted molar refractivity (Wildman–Crippen MR) is 116 cm³/mol. The fraction of sp³-hybridized carbons (Fsp3) is 0.708. The number of hydrogen-bond acceptors (Lipinski definition) is 8. The molecule has 0 aromatic heterocycles. The van der Waals surface area contributed by atoms with Gasteiger partial charge in [-0.3, -0.25) is 19.2 Å². The fourth-order valence-corrected chi connectivity index (χ4v) is 8.60. The van der Waals surface area contributed by atoms with E-state index in [0.717, 1.165) is 17.3 Å². The molecule has 6 atom stereocenters. The van der Waals surface area contributed by atoms with Crippen LogP contribution in [0.15, 0.2) is 11.6 Å². The third-order valence-electron chi connectivity index (χ3n) is 9.06. The average molecular weight is 460 g/mol. The number of ketones is 3. The topological polar surface area (TPSA) is 122 Å². The van der Waals surface area contributed by atoms with Gasteiger partial charge in [-0.15, -0.1) is 0 Å². The standard InChI is InChI=1S/C24H29NO6S/c1-14(26)31-12-20(29)23(30)9-7-17-18-5-4-15-10-16(27)6-8-21(15,2)24(18,32-13-25)19(28)11-22(17,23)3/h10,17-18,30H,4-9,11-12H2,1-3H3. The molecule has 0 aromatic carbocycles. The lowest BCUT2D eigenvalue weighted by Gasteiger charge is -2.63. The van der Waals surface area contributed by atoms with Gasteiger partial charge in [0.1, 0.15) is 15.7 Å². The molecule has 32 heavy (non-hydrogen) atoms. The van der Waals surface area contributed by atoms with Crippen LogP contribution in [0.5, 0.6) is 0 Å². The molecule has 7 nitrogen and oxygen atoms in total. The Balaban J connectivity index is 1.78. The molecular weight excluding hydrogens is 430 g/mol. The number of esters is 1. The van der Waals surface area contributed by atoms with Crippen molar-refractivity contribution in [3.8, 4) is 5.40 Å². The summed E-state index contributed by atoms with van der Waals surface area (Å²) in [6.07, 6.45) is 4.57. The zero-order valence-electron chi connectivity index (χ0n) is 18.7. The number of thioether (sulfide) groups is 1. The molecule has 4 rings (SSSR count). The van der Waals surface area contributed by atoms with Crippen LogP contribution in [0, 0.1) is 33.3 Å². The van der Waals surface area contributed by atoms with E-state index in [0.29, 0.717) is 32.1 Å². The van der Waals surface area contributed by atoms with Crippen molar-refractivity contribution in [1.29, 1.82) is 5.26 Å². The Kier molecular flexibility index (Phi) is 5.45. The second-order valence-corrected chi connectivity index (χ2v) is 11.3. The number of hydrogen-bond donors (Lipinski definition) is 1. The van der Waals surface area contributed by atoms with Crippen LogP contribution in [0.2, 0.25) is 0 Å². The quantitative estimate of drug-likeness (QED) is 0.503. The lowest BCUT2D eigenvalue weighted by atomic mass is 9.45. The minimum atomic E-state index is -1.76. The van der Waals surface area contributed by atoms with Crippen molar-refractivity contribution < 1.29 is 29.0 Å². The summed E-state index contributed by atoms with van der Waals surface area (Å²) in [6, 6.07) is 0. The number of allylic oxidation sites excluding steroid dienone is 1. The van der Waals surface area contributed by atoms with E-state index in [9.17, 15) is 29.5 Å². The number of thiocyanates is 1. The molecule has 0 heterocycles. The van der Waals surface area contributed by atoms with Crippen LogP contribution in [-0.2, 0) is 23.9 Å². The molecule has 0 aromatic rings. The Bertz CT molecular complexity index is 983. The van der Waals surface area contributed by atoms with E-state index in [1.54, 1.807) is 13.0 Å². The molecule has 4 aliphatic rings. The molecule has 0 aliphatic heterocycles. The molecule has 0 spiro atoms. The first-order valence-corrected chi connectivity index (χ1v) is 12.0. The van der Waals surface area contributed by atoms with Gasteiger partial charge >= 0.3 is 5.97 Å². The van der Waals surface area contributed by atoms with Gasteiger partial charge < -0.3 is 9.84 Å². The van der Waals surface area contributed by atoms with E-state index in [1.165, 1.54) is 6.92 Å². The zero-order chi connectivity index (χ0) is 23.5. The van der Waals surface area contributed by atoms with Crippen molar-refractivity contribution in [3.63, 3.8) is 0 Å². The number of carbonyl (C=O) groups is 4. The molecule has 3 fully saturated rings. The van der Waals surface area contributed by atoms with Crippen molar-refractivity contribution in [2.75, 3.05) is 6.61 Å². The first-order chi connectivity index (χ1) is 15.0. The Labute approximate surface area is 191 Å². The van der Waals surface area contributed by atoms with Gasteiger partial charge in [-0.1, -0.05) is 19.4 Å². The maximum atomic E-state index is 14.0. The smallest absolute Gasteiger partial charge is 0.303 e. The number of ether oxygens (including phenoxy) is 1. The van der Waals surface area contributed by atoms with E-state index in [1.807, 2.05) is 6.92 Å². The molecule has 172 valence electrons. The van der Waals surface area contributed by atoms with E-state index in [4.69, 9.17) is 4.74 Å². The van der Waals surface area contributed by atoms with Gasteiger partial charge in [0.25, 0.3) is 0 Å². The SMILES string of the molecule is CC(=O)OCC(=O)C1(O)CCC2C3CCC4=CC(=O)CCC4(C)C3(SC#N)C(=O)CC21C. The van der Waals surface area contributed by atoms with Gasteiger partial charge in [-0.2, -0.15) is 5.26 Å². The predicted octanol–water partition coefficient (Wildman–Crippen LogP) is 2.90. The third-order valence-corrected chi connectivity index (χ3v) is 10.5. The molecule has 0 amide bonds. The summed E-state index contributed by atoms with van der Waals surface area (Å²) in [5.41, 5.74) is -2.41. The van der Waals surface area contributed by atoms with E-state index < -0.39 is 39.5 Å². The van der Waals surface area contributed by atoms with Gasteiger partial charge in [0.2, 0.25) is 5.78 Å². The maximum absolute atomic E-state index is 14.0. The number of nitrogens with zero attached hydrogens (tertiary/aromatic N) is 1. The van der Waals surface area contributed by atoms with Crippen LogP contribution < -0.4 is 0 Å². The maximum Gasteiger partial charge on any atom is 0.303 e. The van der Waals surface area contributed by atoms with Crippen LogP contribution in [0.3, 0.4) is 0 Å². The van der Waals surface area contributed by atoms with Gasteiger partial charge in [0, 0.05) is 30.6 Å². The Hall–Kier alpha value is -1.98. The van der Waals surface area contributed by atoms with Crippen LogP contribution >= 0.6 is 11.8 Å². The zero-order valence-corrected chi connectivity index (χ0v) is 19.5. The molecule has 0 saturated heterocycles. The highest BCUT2D eigenvalue weighted by atomic mass is 32.2. The van der Waals surface area contributed by atoms with Gasteiger partial charge in [-0.25, -0.2) is 0 Å². The molecule has 8 heteroatoms. The van der Waals surface area contributed by atoms with Crippen LogP contribution in [0.25, 0.3) is 0 Å². The highest BCUT2D eigenvalue weighted by molar-refractivity contribution is 8.05. The van der Waals surface area contributed by atoms with Crippen molar-refractivity contribution in [1.82, 2.24) is 0 Å². The number of rotatable bonds is 4. The number of aliphatic hydroxyl groups is 1. The second-order valence-electron chi connectivity index (χ2n) is 10.3. The highest BCUT2D eigenvalue weighted by Gasteiger charge is 2.74. The fourth-order valence-electron chi connectivity index (χ4n) is 7.38. The Morgan fingerprint density at radius 3 is 2.59 bits per heavy atom. The number of Topliss-reactive ketones (excluding diaryl/α,β-unsaturated/α-hetero) is 2. The number of carbonyl (C=O) groups excluding carboxylic acids is 4. The number of fused-ring (bicyclic) bond motifs is 5. The molecule has 6 unspecified atom stereocenters. The summed E-state index contributed by atoms with van der Waals surface area (Å²) in [5, 5.41) is 23.5. The van der Waals surface area contributed by atoms with E-state index >= 15 is 0 Å². The van der Waals surface area contributed by atoms with E-state index in [2.05, 4.69) is 5.40 Å². The third kappa shape index (κ3) is 2.83. The molecular formula is C24H29NO6S. The van der Waals surface area contributed by atoms with Crippen LogP contribution in [0.4, 0.5) is 0 Å². The minimum absolute atomic E-state index is 0.0258. The summed E-state index contributed by atoms with van der Waals surface area (Å²) in [7, 11) is 0. The summed E-state index contributed by atoms with van der Waals surface area (Å²) < 4.78 is 3.88. The molecule has 3 saturated carbocycles. The lowest BCUT2D eigenvalue weighted by molar-refractivity contribution is -0.171. The second kappa shape index (κ2) is 7.53. The summed E-state index contributed by atoms with van der Waals surface area (Å²) >= 11 is 1.02. The molecule has 1 N–H and O–H groups in total. The van der Waals surface area contributed by atoms with E-state index in [-0.39, 0.29) is 36.2 Å². The van der Waals surface area contributed by atoms with Crippen molar-refractivity contribution in [2.24, 2.45) is 22.7 Å². The lowest BCUT2D eigenvalue weighted by Crippen LogP contribution is -2.68. The van der Waals surface area contributed by atoms with Crippen molar-refractivity contribution >= 4 is 35.1 Å². The first kappa shape index (κ1) is 23.2. The van der Waals surface area contributed by atoms with Gasteiger partial charge in [-0.05, 0) is 61.8 Å². The van der Waals surface area contributed by atoms with Crippen LogP contribution in [0.1, 0.15) is 65.7 Å². The Morgan fingerprint density at radius 1 is 1.22 bits per heavy atom. The molecule has 0 bridgehead atoms. The van der Waals surface area contributed by atoms with Gasteiger partial charge in [0.05, 0.1) is 0 Å². The minimum Gasteiger partial charge on any atom is -0.458 e. The van der Waals surface area contributed by atoms with Crippen molar-refractivity contribution in [3.05, 3.63) is 11.6 Å². The normalized spacial score (nSPS) is 42.8. The summed E-state index contributed by atoms with van der Waals surface area (Å²) in [6.45, 7) is 4.50. The van der Waals surface area contributed by atoms with Gasteiger partial charge in [0.15, 0.2) is 18.2 Å². The first-order valence-electron chi connectivity index (χ1n) is 11.2. The Morgan fingerprint density at radius 2 is 1.94 bits per heavy atom. The highest BCUT2D eigenvalue weighted by Crippen LogP contribution is 2.71. The monoisotopic (exact) mass is 459 g/mol. The summed E-state index contributed by atoms with van der Waals surface area (Å²) in [5.74, 6) is -1.56. The largest absolute Gasteiger partial charge is 0.458 e. The summed E-state index contributed by atoms with van der Waals surface area (Å²) in [4.78, 5) is 50.3. The number of nitriles is 1. The van der Waals surface area contributed by atoms with Crippen molar-refractivity contribution in [2.45, 2.75) is 76.1 Å². The molecule has 4 aliphatic carbocycles. The average Bonchev–Trinajstić information content (AvgIpc) is 2.99. The van der Waals surface area contributed by atoms with Crippen LogP contribution in [-0.4, -0.2) is 45.4 Å².